The number of piperazine rings is 1. The number of pyridine rings is 1. The number of phenolic OH excluding ortho intramolecular Hbond substituents is 1. The molecule has 1 aliphatic heterocycles. The number of hydrogen-bond acceptors (Lipinski definition) is 4. The molecule has 5 nitrogen and oxygen atoms in total. The maximum absolute atomic E-state index is 12.5. The van der Waals surface area contributed by atoms with Gasteiger partial charge in [-0.3, -0.25) is 9.78 Å². The van der Waals surface area contributed by atoms with Crippen LogP contribution in [0.3, 0.4) is 0 Å². The van der Waals surface area contributed by atoms with Crippen molar-refractivity contribution in [2.45, 2.75) is 12.8 Å². The number of hydrogen-bond donors (Lipinski definition) is 1. The SMILES string of the molecule is O=C(CCc1ccc(O)cc1)N1CCN(c2cncc3ccccc23)CC1. The third-order valence-electron chi connectivity index (χ3n) is 5.18. The van der Waals surface area contributed by atoms with Crippen LogP contribution in [0.5, 0.6) is 5.75 Å². The van der Waals surface area contributed by atoms with Crippen molar-refractivity contribution >= 4 is 22.4 Å². The predicted molar refractivity (Wildman–Crippen MR) is 107 cm³/mol. The predicted octanol–water partition coefficient (Wildman–Crippen LogP) is 3.22. The van der Waals surface area contributed by atoms with Gasteiger partial charge in [-0.1, -0.05) is 36.4 Å². The van der Waals surface area contributed by atoms with Crippen molar-refractivity contribution in [3.63, 3.8) is 0 Å². The van der Waals surface area contributed by atoms with Crippen LogP contribution in [0, 0.1) is 0 Å². The lowest BCUT2D eigenvalue weighted by molar-refractivity contribution is -0.131. The molecule has 0 spiro atoms. The van der Waals surface area contributed by atoms with E-state index in [1.165, 1.54) is 5.39 Å². The summed E-state index contributed by atoms with van der Waals surface area (Å²) in [6.07, 6.45) is 5.01. The van der Waals surface area contributed by atoms with Gasteiger partial charge < -0.3 is 14.9 Å². The second-order valence-electron chi connectivity index (χ2n) is 6.91. The molecule has 0 saturated carbocycles. The summed E-state index contributed by atoms with van der Waals surface area (Å²) in [6.45, 7) is 3.11. The molecule has 5 heteroatoms. The number of phenols is 1. The molecule has 0 unspecified atom stereocenters. The maximum Gasteiger partial charge on any atom is 0.223 e. The average Bonchev–Trinajstić information content (AvgIpc) is 2.73. The van der Waals surface area contributed by atoms with Crippen molar-refractivity contribution in [1.29, 1.82) is 0 Å². The molecule has 0 radical (unpaired) electrons. The van der Waals surface area contributed by atoms with Crippen molar-refractivity contribution in [3.05, 3.63) is 66.5 Å². The second-order valence-corrected chi connectivity index (χ2v) is 6.91. The number of aryl methyl sites for hydroxylation is 1. The molecule has 0 atom stereocenters. The third-order valence-corrected chi connectivity index (χ3v) is 5.18. The van der Waals surface area contributed by atoms with E-state index < -0.39 is 0 Å². The van der Waals surface area contributed by atoms with Crippen LogP contribution in [-0.4, -0.2) is 47.1 Å². The molecular formula is C22H23N3O2. The fourth-order valence-corrected chi connectivity index (χ4v) is 3.62. The molecule has 4 rings (SSSR count). The van der Waals surface area contributed by atoms with E-state index in [9.17, 15) is 9.90 Å². The fourth-order valence-electron chi connectivity index (χ4n) is 3.62. The van der Waals surface area contributed by atoms with Gasteiger partial charge in [0.2, 0.25) is 5.91 Å². The molecule has 2 aromatic carbocycles. The standard InChI is InChI=1S/C22H23N3O2/c26-19-8-5-17(6-9-19)7-10-22(27)25-13-11-24(12-14-25)21-16-23-15-18-3-1-2-4-20(18)21/h1-6,8-9,15-16,26H,7,10-14H2. The molecule has 1 amide bonds. The minimum Gasteiger partial charge on any atom is -0.508 e. The minimum atomic E-state index is 0.193. The smallest absolute Gasteiger partial charge is 0.223 e. The van der Waals surface area contributed by atoms with E-state index in [1.54, 1.807) is 12.1 Å². The van der Waals surface area contributed by atoms with E-state index in [4.69, 9.17) is 0 Å². The molecule has 0 aliphatic carbocycles. The lowest BCUT2D eigenvalue weighted by Gasteiger charge is -2.36. The Bertz CT molecular complexity index is 926. The molecule has 1 fully saturated rings. The van der Waals surface area contributed by atoms with Crippen LogP contribution < -0.4 is 4.90 Å². The van der Waals surface area contributed by atoms with Gasteiger partial charge in [-0.2, -0.15) is 0 Å². The largest absolute Gasteiger partial charge is 0.508 e. The van der Waals surface area contributed by atoms with Crippen LogP contribution in [0.15, 0.2) is 60.9 Å². The van der Waals surface area contributed by atoms with Gasteiger partial charge in [0.1, 0.15) is 5.75 Å². The highest BCUT2D eigenvalue weighted by Crippen LogP contribution is 2.26. The van der Waals surface area contributed by atoms with Crippen molar-refractivity contribution < 1.29 is 9.90 Å². The number of rotatable bonds is 4. The van der Waals surface area contributed by atoms with E-state index in [0.29, 0.717) is 12.8 Å². The van der Waals surface area contributed by atoms with E-state index in [2.05, 4.69) is 28.1 Å². The van der Waals surface area contributed by atoms with Gasteiger partial charge in [0.05, 0.1) is 11.9 Å². The number of aromatic nitrogens is 1. The minimum absolute atomic E-state index is 0.193. The highest BCUT2D eigenvalue weighted by Gasteiger charge is 2.22. The molecule has 0 bridgehead atoms. The molecule has 138 valence electrons. The van der Waals surface area contributed by atoms with Crippen molar-refractivity contribution in [2.24, 2.45) is 0 Å². The number of amides is 1. The molecule has 1 saturated heterocycles. The first kappa shape index (κ1) is 17.3. The number of anilines is 1. The first-order valence-corrected chi connectivity index (χ1v) is 9.34. The van der Waals surface area contributed by atoms with Crippen LogP contribution >= 0.6 is 0 Å². The average molecular weight is 361 g/mol. The first-order chi connectivity index (χ1) is 13.2. The molecule has 1 aliphatic rings. The summed E-state index contributed by atoms with van der Waals surface area (Å²) in [5, 5.41) is 11.7. The Balaban J connectivity index is 1.35. The molecule has 1 N–H and O–H groups in total. The Kier molecular flexibility index (Phi) is 4.92. The number of benzene rings is 2. The van der Waals surface area contributed by atoms with Crippen molar-refractivity contribution in [2.75, 3.05) is 31.1 Å². The lowest BCUT2D eigenvalue weighted by Crippen LogP contribution is -2.49. The third kappa shape index (κ3) is 3.87. The van der Waals surface area contributed by atoms with Crippen molar-refractivity contribution in [3.8, 4) is 5.75 Å². The molecule has 27 heavy (non-hydrogen) atoms. The van der Waals surface area contributed by atoms with Gasteiger partial charge in [0.25, 0.3) is 0 Å². The van der Waals surface area contributed by atoms with Crippen LogP contribution in [0.2, 0.25) is 0 Å². The van der Waals surface area contributed by atoms with Gasteiger partial charge >= 0.3 is 0 Å². The van der Waals surface area contributed by atoms with Gasteiger partial charge in [0.15, 0.2) is 0 Å². The van der Waals surface area contributed by atoms with Crippen LogP contribution in [0.1, 0.15) is 12.0 Å². The monoisotopic (exact) mass is 361 g/mol. The summed E-state index contributed by atoms with van der Waals surface area (Å²) in [5.74, 6) is 0.447. The maximum atomic E-state index is 12.5. The molecular weight excluding hydrogens is 338 g/mol. The Morgan fingerprint density at radius 1 is 0.963 bits per heavy atom. The van der Waals surface area contributed by atoms with Gasteiger partial charge in [-0.25, -0.2) is 0 Å². The lowest BCUT2D eigenvalue weighted by atomic mass is 10.1. The van der Waals surface area contributed by atoms with Crippen molar-refractivity contribution in [1.82, 2.24) is 9.88 Å². The Morgan fingerprint density at radius 2 is 1.70 bits per heavy atom. The van der Waals surface area contributed by atoms with Gasteiger partial charge in [0, 0.05) is 49.6 Å². The molecule has 2 heterocycles. The normalized spacial score (nSPS) is 14.5. The van der Waals surface area contributed by atoms with E-state index in [0.717, 1.165) is 42.8 Å². The number of nitrogens with zero attached hydrogens (tertiary/aromatic N) is 3. The van der Waals surface area contributed by atoms with E-state index in [-0.39, 0.29) is 11.7 Å². The van der Waals surface area contributed by atoms with Crippen LogP contribution in [-0.2, 0) is 11.2 Å². The summed E-state index contributed by atoms with van der Waals surface area (Å²) in [5.41, 5.74) is 2.21. The van der Waals surface area contributed by atoms with Crippen LogP contribution in [0.25, 0.3) is 10.8 Å². The van der Waals surface area contributed by atoms with E-state index >= 15 is 0 Å². The highest BCUT2D eigenvalue weighted by atomic mass is 16.3. The highest BCUT2D eigenvalue weighted by molar-refractivity contribution is 5.93. The zero-order valence-corrected chi connectivity index (χ0v) is 15.2. The zero-order chi connectivity index (χ0) is 18.6. The zero-order valence-electron chi connectivity index (χ0n) is 15.2. The summed E-state index contributed by atoms with van der Waals surface area (Å²) < 4.78 is 0. The van der Waals surface area contributed by atoms with Gasteiger partial charge in [-0.15, -0.1) is 0 Å². The van der Waals surface area contributed by atoms with Crippen LogP contribution in [0.4, 0.5) is 5.69 Å². The quantitative estimate of drug-likeness (QED) is 0.775. The Labute approximate surface area is 158 Å². The summed E-state index contributed by atoms with van der Waals surface area (Å²) >= 11 is 0. The Hall–Kier alpha value is -3.08. The summed E-state index contributed by atoms with van der Waals surface area (Å²) in [4.78, 5) is 21.2. The number of aromatic hydroxyl groups is 1. The molecule has 3 aromatic rings. The van der Waals surface area contributed by atoms with E-state index in [1.807, 2.05) is 35.5 Å². The molecule has 1 aromatic heterocycles. The summed E-state index contributed by atoms with van der Waals surface area (Å²) in [6, 6.07) is 15.3. The van der Waals surface area contributed by atoms with Gasteiger partial charge in [-0.05, 0) is 24.1 Å². The topological polar surface area (TPSA) is 56.7 Å². The fraction of sp³-hybridized carbons (Fsp3) is 0.273. The number of carbonyl (C=O) groups is 1. The number of carbonyl (C=O) groups excluding carboxylic acids is 1. The first-order valence-electron chi connectivity index (χ1n) is 9.34. The summed E-state index contributed by atoms with van der Waals surface area (Å²) in [7, 11) is 0. The second kappa shape index (κ2) is 7.66. The number of fused-ring (bicyclic) bond motifs is 1. The Morgan fingerprint density at radius 3 is 2.48 bits per heavy atom.